The molecule has 0 aromatic heterocycles. The fourth-order valence-corrected chi connectivity index (χ4v) is 1.83. The average molecular weight is 273 g/mol. The molecule has 0 aromatic carbocycles. The number of hydrogen-bond acceptors (Lipinski definition) is 4. The highest BCUT2D eigenvalue weighted by molar-refractivity contribution is 5.84. The van der Waals surface area contributed by atoms with E-state index in [4.69, 9.17) is 5.11 Å². The molecule has 0 aliphatic carbocycles. The molecule has 0 spiro atoms. The van der Waals surface area contributed by atoms with Crippen LogP contribution < -0.4 is 5.32 Å². The molecule has 112 valence electrons. The second-order valence-electron chi connectivity index (χ2n) is 4.70. The Morgan fingerprint density at radius 1 is 1.11 bits per heavy atom. The molecule has 0 rings (SSSR count). The summed E-state index contributed by atoms with van der Waals surface area (Å²) in [5.41, 5.74) is 0. The summed E-state index contributed by atoms with van der Waals surface area (Å²) in [6, 6.07) is -0.943. The molecule has 0 unspecified atom stereocenters. The zero-order chi connectivity index (χ0) is 14.5. The number of ether oxygens (including phenoxy) is 1. The van der Waals surface area contributed by atoms with Gasteiger partial charge in [-0.3, -0.25) is 4.79 Å². The third-order valence-electron chi connectivity index (χ3n) is 3.01. The Morgan fingerprint density at radius 3 is 2.21 bits per heavy atom. The summed E-state index contributed by atoms with van der Waals surface area (Å²) in [6.07, 6.45) is 8.37. The molecule has 0 aromatic rings. The lowest BCUT2D eigenvalue weighted by atomic mass is 10.1. The van der Waals surface area contributed by atoms with Gasteiger partial charge in [0.2, 0.25) is 5.91 Å². The smallest absolute Gasteiger partial charge is 0.330 e. The molecule has 5 nitrogen and oxygen atoms in total. The minimum atomic E-state index is -0.943. The third-order valence-corrected chi connectivity index (χ3v) is 3.01. The molecule has 0 aliphatic heterocycles. The number of carbonyl (C=O) groups is 2. The molecule has 0 heterocycles. The minimum absolute atomic E-state index is 0.210. The number of nitrogens with one attached hydrogen (secondary N) is 1. The second-order valence-corrected chi connectivity index (χ2v) is 4.70. The molecule has 5 heteroatoms. The molecule has 0 saturated heterocycles. The van der Waals surface area contributed by atoms with Crippen molar-refractivity contribution in [3.63, 3.8) is 0 Å². The van der Waals surface area contributed by atoms with E-state index in [0.717, 1.165) is 19.3 Å². The lowest BCUT2D eigenvalue weighted by Crippen LogP contribution is -2.43. The standard InChI is InChI=1S/C14H27NO4/c1-3-4-5-6-7-8-9-10-13(17)15-12(11-16)14(18)19-2/h12,16H,3-11H2,1-2H3,(H,15,17)/t12-/m1/s1. The van der Waals surface area contributed by atoms with Gasteiger partial charge in [0, 0.05) is 6.42 Å². The predicted octanol–water partition coefficient (Wildman–Crippen LogP) is 1.78. The molecular formula is C14H27NO4. The summed E-state index contributed by atoms with van der Waals surface area (Å²) in [5, 5.41) is 11.4. The van der Waals surface area contributed by atoms with Crippen LogP contribution in [0, 0.1) is 0 Å². The van der Waals surface area contributed by atoms with Crippen LogP contribution in [0.15, 0.2) is 0 Å². The van der Waals surface area contributed by atoms with Crippen molar-refractivity contribution in [1.29, 1.82) is 0 Å². The highest BCUT2D eigenvalue weighted by atomic mass is 16.5. The van der Waals surface area contributed by atoms with Crippen LogP contribution in [0.5, 0.6) is 0 Å². The van der Waals surface area contributed by atoms with E-state index in [9.17, 15) is 9.59 Å². The van der Waals surface area contributed by atoms with E-state index >= 15 is 0 Å². The molecule has 0 aliphatic rings. The van der Waals surface area contributed by atoms with Crippen LogP contribution >= 0.6 is 0 Å². The van der Waals surface area contributed by atoms with E-state index in [1.165, 1.54) is 32.8 Å². The maximum absolute atomic E-state index is 11.5. The lowest BCUT2D eigenvalue weighted by Gasteiger charge is -2.13. The summed E-state index contributed by atoms with van der Waals surface area (Å²) >= 11 is 0. The van der Waals surface area contributed by atoms with Gasteiger partial charge >= 0.3 is 5.97 Å². The van der Waals surface area contributed by atoms with Gasteiger partial charge in [-0.05, 0) is 6.42 Å². The van der Waals surface area contributed by atoms with Crippen LogP contribution in [0.3, 0.4) is 0 Å². The number of hydrogen-bond donors (Lipinski definition) is 2. The first-order chi connectivity index (χ1) is 9.15. The van der Waals surface area contributed by atoms with E-state index in [2.05, 4.69) is 17.0 Å². The summed E-state index contributed by atoms with van der Waals surface area (Å²) in [6.45, 7) is 1.75. The molecule has 0 saturated carbocycles. The fraction of sp³-hybridized carbons (Fsp3) is 0.857. The van der Waals surface area contributed by atoms with Gasteiger partial charge in [-0.15, -0.1) is 0 Å². The van der Waals surface area contributed by atoms with Crippen LogP contribution in [-0.2, 0) is 14.3 Å². The summed E-state index contributed by atoms with van der Waals surface area (Å²) < 4.78 is 4.47. The number of unbranched alkanes of at least 4 members (excludes halogenated alkanes) is 6. The van der Waals surface area contributed by atoms with Gasteiger partial charge in [-0.1, -0.05) is 45.4 Å². The largest absolute Gasteiger partial charge is 0.467 e. The quantitative estimate of drug-likeness (QED) is 0.444. The Labute approximate surface area is 115 Å². The number of methoxy groups -OCH3 is 1. The van der Waals surface area contributed by atoms with Crippen molar-refractivity contribution in [3.05, 3.63) is 0 Å². The van der Waals surface area contributed by atoms with Gasteiger partial charge in [-0.2, -0.15) is 0 Å². The van der Waals surface area contributed by atoms with Gasteiger partial charge in [0.1, 0.15) is 0 Å². The molecule has 1 atom stereocenters. The molecule has 19 heavy (non-hydrogen) atoms. The number of rotatable bonds is 11. The van der Waals surface area contributed by atoms with E-state index in [-0.39, 0.29) is 5.91 Å². The number of aliphatic hydroxyl groups excluding tert-OH is 1. The molecule has 1 amide bonds. The van der Waals surface area contributed by atoms with E-state index in [0.29, 0.717) is 6.42 Å². The van der Waals surface area contributed by atoms with Crippen molar-refractivity contribution in [3.8, 4) is 0 Å². The van der Waals surface area contributed by atoms with Crippen molar-refractivity contribution in [2.24, 2.45) is 0 Å². The minimum Gasteiger partial charge on any atom is -0.467 e. The van der Waals surface area contributed by atoms with Gasteiger partial charge in [0.25, 0.3) is 0 Å². The van der Waals surface area contributed by atoms with E-state index < -0.39 is 18.6 Å². The Hall–Kier alpha value is -1.10. The van der Waals surface area contributed by atoms with Gasteiger partial charge in [0.15, 0.2) is 6.04 Å². The van der Waals surface area contributed by atoms with Crippen LogP contribution in [0.2, 0.25) is 0 Å². The normalized spacial score (nSPS) is 11.9. The fourth-order valence-electron chi connectivity index (χ4n) is 1.83. The second kappa shape index (κ2) is 12.0. The maximum atomic E-state index is 11.5. The highest BCUT2D eigenvalue weighted by Gasteiger charge is 2.19. The van der Waals surface area contributed by atoms with Crippen molar-refractivity contribution in [2.45, 2.75) is 64.3 Å². The number of amides is 1. The zero-order valence-corrected chi connectivity index (χ0v) is 12.1. The Balaban J connectivity index is 3.60. The third kappa shape index (κ3) is 9.47. The molecule has 2 N–H and O–H groups in total. The zero-order valence-electron chi connectivity index (χ0n) is 12.1. The van der Waals surface area contributed by atoms with Crippen LogP contribution in [0.4, 0.5) is 0 Å². The monoisotopic (exact) mass is 273 g/mol. The van der Waals surface area contributed by atoms with Crippen molar-refractivity contribution >= 4 is 11.9 Å². The highest BCUT2D eigenvalue weighted by Crippen LogP contribution is 2.08. The number of aliphatic hydroxyl groups is 1. The van der Waals surface area contributed by atoms with Gasteiger partial charge < -0.3 is 15.2 Å². The van der Waals surface area contributed by atoms with Crippen LogP contribution in [0.25, 0.3) is 0 Å². The van der Waals surface area contributed by atoms with Crippen LogP contribution in [0.1, 0.15) is 58.3 Å². The lowest BCUT2D eigenvalue weighted by molar-refractivity contribution is -0.146. The van der Waals surface area contributed by atoms with E-state index in [1.54, 1.807) is 0 Å². The molecule has 0 fully saturated rings. The van der Waals surface area contributed by atoms with Gasteiger partial charge in [0.05, 0.1) is 13.7 Å². The number of esters is 1. The maximum Gasteiger partial charge on any atom is 0.330 e. The molecule has 0 bridgehead atoms. The summed E-state index contributed by atoms with van der Waals surface area (Å²) in [4.78, 5) is 22.7. The van der Waals surface area contributed by atoms with Crippen molar-refractivity contribution in [1.82, 2.24) is 5.32 Å². The van der Waals surface area contributed by atoms with Crippen molar-refractivity contribution < 1.29 is 19.4 Å². The van der Waals surface area contributed by atoms with Gasteiger partial charge in [-0.25, -0.2) is 4.79 Å². The average Bonchev–Trinajstić information content (AvgIpc) is 2.42. The Morgan fingerprint density at radius 2 is 1.68 bits per heavy atom. The first kappa shape index (κ1) is 17.9. The Kier molecular flexibility index (Phi) is 11.3. The van der Waals surface area contributed by atoms with E-state index in [1.807, 2.05) is 0 Å². The SMILES string of the molecule is CCCCCCCCCC(=O)N[C@H](CO)C(=O)OC. The predicted molar refractivity (Wildman–Crippen MR) is 73.6 cm³/mol. The molecular weight excluding hydrogens is 246 g/mol. The summed E-state index contributed by atoms with van der Waals surface area (Å²) in [7, 11) is 1.23. The summed E-state index contributed by atoms with van der Waals surface area (Å²) in [5.74, 6) is -0.826. The topological polar surface area (TPSA) is 75.6 Å². The molecule has 0 radical (unpaired) electrons. The number of carbonyl (C=O) groups excluding carboxylic acids is 2. The van der Waals surface area contributed by atoms with Crippen molar-refractivity contribution in [2.75, 3.05) is 13.7 Å². The first-order valence-corrected chi connectivity index (χ1v) is 7.13. The van der Waals surface area contributed by atoms with Crippen LogP contribution in [-0.4, -0.2) is 36.7 Å². The first-order valence-electron chi connectivity index (χ1n) is 7.13. The Bertz CT molecular complexity index is 256.